The molecule has 0 saturated carbocycles. The van der Waals surface area contributed by atoms with E-state index in [1.165, 1.54) is 0 Å². The quantitative estimate of drug-likeness (QED) is 0.699. The molecule has 8 heteroatoms. The first-order valence-electron chi connectivity index (χ1n) is 6.24. The molecular weight excluding hydrogens is 279 g/mol. The van der Waals surface area contributed by atoms with Gasteiger partial charge < -0.3 is 5.32 Å². The van der Waals surface area contributed by atoms with Crippen molar-refractivity contribution in [3.05, 3.63) is 35.9 Å². The van der Waals surface area contributed by atoms with E-state index in [1.807, 2.05) is 0 Å². The van der Waals surface area contributed by atoms with Crippen molar-refractivity contribution in [3.8, 4) is 0 Å². The number of amides is 2. The minimum absolute atomic E-state index is 0.251. The number of nitrogens with one attached hydrogen (secondary N) is 1. The predicted molar refractivity (Wildman–Crippen MR) is 74.6 cm³/mol. The Morgan fingerprint density at radius 1 is 1.30 bits per heavy atom. The molecule has 0 radical (unpaired) electrons. The average Bonchev–Trinajstić information content (AvgIpc) is 2.40. The van der Waals surface area contributed by atoms with Gasteiger partial charge in [-0.3, -0.25) is 29.8 Å². The van der Waals surface area contributed by atoms with Gasteiger partial charge in [-0.2, -0.15) is 0 Å². The van der Waals surface area contributed by atoms with Crippen molar-refractivity contribution < 1.29 is 14.2 Å². The molecule has 5 N–H and O–H groups in total. The Balaban J connectivity index is 2.08. The predicted octanol–water partition coefficient (Wildman–Crippen LogP) is 0.433. The molecule has 1 aliphatic rings. The summed E-state index contributed by atoms with van der Waals surface area (Å²) in [5, 5.41) is 2.62. The standard InChI is InChI=1S/C12H17N4O3P/c13-20(14,19)16-8-4-7-10(12(16)18)15-11(17)9-5-2-1-3-6-9/h1-3,5-6,10H,4,7-8H2,(H,15,17)(H4,13,14,19)/t10-/m0/s1. The molecule has 1 aliphatic heterocycles. The molecule has 2 rings (SSSR count). The molecule has 1 fully saturated rings. The largest absolute Gasteiger partial charge is 0.340 e. The SMILES string of the molecule is NP(N)(=O)N1CCC[C@H](NC(=O)c2ccccc2)C1=O. The van der Waals surface area contributed by atoms with E-state index in [0.717, 1.165) is 4.67 Å². The monoisotopic (exact) mass is 296 g/mol. The van der Waals surface area contributed by atoms with Gasteiger partial charge in [0.1, 0.15) is 6.04 Å². The van der Waals surface area contributed by atoms with Crippen LogP contribution in [0.5, 0.6) is 0 Å². The van der Waals surface area contributed by atoms with Crippen molar-refractivity contribution >= 4 is 19.4 Å². The zero-order chi connectivity index (χ0) is 14.8. The molecule has 7 nitrogen and oxygen atoms in total. The van der Waals surface area contributed by atoms with E-state index in [9.17, 15) is 14.2 Å². The van der Waals surface area contributed by atoms with Crippen molar-refractivity contribution in [2.75, 3.05) is 6.54 Å². The van der Waals surface area contributed by atoms with Gasteiger partial charge in [0.05, 0.1) is 0 Å². The summed E-state index contributed by atoms with van der Waals surface area (Å²) in [6.07, 6.45) is 1.07. The van der Waals surface area contributed by atoms with Gasteiger partial charge in [0.2, 0.25) is 0 Å². The second kappa shape index (κ2) is 5.75. The van der Waals surface area contributed by atoms with Gasteiger partial charge in [-0.05, 0) is 25.0 Å². The number of benzene rings is 1. The molecule has 1 saturated heterocycles. The van der Waals surface area contributed by atoms with Crippen molar-refractivity contribution in [3.63, 3.8) is 0 Å². The maximum absolute atomic E-state index is 12.1. The Morgan fingerprint density at radius 2 is 1.95 bits per heavy atom. The lowest BCUT2D eigenvalue weighted by molar-refractivity contribution is -0.130. The van der Waals surface area contributed by atoms with E-state index in [0.29, 0.717) is 18.4 Å². The van der Waals surface area contributed by atoms with Crippen LogP contribution < -0.4 is 16.3 Å². The second-order valence-corrected chi connectivity index (χ2v) is 6.50. The molecule has 20 heavy (non-hydrogen) atoms. The Labute approximate surface area is 116 Å². The number of carbonyl (C=O) groups is 2. The fraction of sp³-hybridized carbons (Fsp3) is 0.333. The molecule has 1 aromatic rings. The maximum atomic E-state index is 12.1. The van der Waals surface area contributed by atoms with E-state index in [-0.39, 0.29) is 12.5 Å². The minimum atomic E-state index is -3.62. The lowest BCUT2D eigenvalue weighted by Crippen LogP contribution is -2.52. The lowest BCUT2D eigenvalue weighted by Gasteiger charge is -2.34. The zero-order valence-electron chi connectivity index (χ0n) is 10.9. The Hall–Kier alpha value is -1.69. The molecule has 2 amide bonds. The number of piperidine rings is 1. The summed E-state index contributed by atoms with van der Waals surface area (Å²) in [4.78, 5) is 24.1. The molecule has 108 valence electrons. The Kier molecular flexibility index (Phi) is 4.23. The highest BCUT2D eigenvalue weighted by Gasteiger charge is 2.36. The first-order chi connectivity index (χ1) is 9.39. The Morgan fingerprint density at radius 3 is 2.55 bits per heavy atom. The number of nitrogens with zero attached hydrogens (tertiary/aromatic N) is 1. The van der Waals surface area contributed by atoms with Crippen LogP contribution in [-0.2, 0) is 9.36 Å². The minimum Gasteiger partial charge on any atom is -0.340 e. The number of rotatable bonds is 3. The van der Waals surface area contributed by atoms with Gasteiger partial charge in [0.15, 0.2) is 0 Å². The van der Waals surface area contributed by atoms with Crippen LogP contribution in [0.25, 0.3) is 0 Å². The number of hydrogen-bond donors (Lipinski definition) is 3. The maximum Gasteiger partial charge on any atom is 0.302 e. The van der Waals surface area contributed by atoms with Crippen LogP contribution in [0.1, 0.15) is 23.2 Å². The van der Waals surface area contributed by atoms with Crippen molar-refractivity contribution in [1.82, 2.24) is 9.99 Å². The third-order valence-corrected chi connectivity index (χ3v) is 4.29. The summed E-state index contributed by atoms with van der Waals surface area (Å²) < 4.78 is 12.6. The van der Waals surface area contributed by atoms with Crippen LogP contribution in [-0.4, -0.2) is 29.1 Å². The zero-order valence-corrected chi connectivity index (χ0v) is 11.8. The van der Waals surface area contributed by atoms with Crippen LogP contribution >= 0.6 is 7.59 Å². The van der Waals surface area contributed by atoms with Crippen molar-refractivity contribution in [1.29, 1.82) is 0 Å². The topological polar surface area (TPSA) is 119 Å². The highest BCUT2D eigenvalue weighted by molar-refractivity contribution is 7.57. The number of carbonyl (C=O) groups excluding carboxylic acids is 2. The highest BCUT2D eigenvalue weighted by atomic mass is 31.2. The summed E-state index contributed by atoms with van der Waals surface area (Å²) in [5.41, 5.74) is 11.1. The van der Waals surface area contributed by atoms with Gasteiger partial charge in [-0.1, -0.05) is 18.2 Å². The molecule has 0 aromatic heterocycles. The van der Waals surface area contributed by atoms with Crippen LogP contribution in [0.4, 0.5) is 0 Å². The van der Waals surface area contributed by atoms with Gasteiger partial charge in [-0.15, -0.1) is 0 Å². The molecular formula is C12H17N4O3P. The third-order valence-electron chi connectivity index (χ3n) is 3.13. The molecule has 1 atom stereocenters. The summed E-state index contributed by atoms with van der Waals surface area (Å²) in [6, 6.07) is 7.82. The summed E-state index contributed by atoms with van der Waals surface area (Å²) >= 11 is 0. The lowest BCUT2D eigenvalue weighted by atomic mass is 10.1. The van der Waals surface area contributed by atoms with Crippen LogP contribution in [0.3, 0.4) is 0 Å². The molecule has 1 aromatic carbocycles. The van der Waals surface area contributed by atoms with Crippen LogP contribution in [0.2, 0.25) is 0 Å². The van der Waals surface area contributed by atoms with E-state index >= 15 is 0 Å². The van der Waals surface area contributed by atoms with Gasteiger partial charge >= 0.3 is 7.59 Å². The van der Waals surface area contributed by atoms with E-state index in [2.05, 4.69) is 5.32 Å². The molecule has 1 heterocycles. The normalized spacial score (nSPS) is 19.8. The fourth-order valence-corrected chi connectivity index (χ4v) is 3.04. The summed E-state index contributed by atoms with van der Waals surface area (Å²) in [6.45, 7) is 0.251. The van der Waals surface area contributed by atoms with Gasteiger partial charge in [0.25, 0.3) is 11.8 Å². The van der Waals surface area contributed by atoms with E-state index < -0.39 is 19.5 Å². The molecule has 0 aliphatic carbocycles. The number of hydrogen-bond acceptors (Lipinski definition) is 3. The van der Waals surface area contributed by atoms with Crippen LogP contribution in [0, 0.1) is 0 Å². The molecule has 0 bridgehead atoms. The first kappa shape index (κ1) is 14.7. The molecule has 0 spiro atoms. The van der Waals surface area contributed by atoms with E-state index in [4.69, 9.17) is 11.0 Å². The summed E-state index contributed by atoms with van der Waals surface area (Å²) in [7, 11) is -3.62. The smallest absolute Gasteiger partial charge is 0.302 e. The van der Waals surface area contributed by atoms with Gasteiger partial charge in [0, 0.05) is 12.1 Å². The first-order valence-corrected chi connectivity index (χ1v) is 8.04. The Bertz CT molecular complexity index is 557. The fourth-order valence-electron chi connectivity index (χ4n) is 2.13. The average molecular weight is 296 g/mol. The highest BCUT2D eigenvalue weighted by Crippen LogP contribution is 2.35. The number of nitrogens with two attached hydrogens (primary N) is 2. The van der Waals surface area contributed by atoms with Crippen molar-refractivity contribution in [2.45, 2.75) is 18.9 Å². The molecule has 0 unspecified atom stereocenters. The summed E-state index contributed by atoms with van der Waals surface area (Å²) in [5.74, 6) is -0.844. The third kappa shape index (κ3) is 3.25. The van der Waals surface area contributed by atoms with E-state index in [1.54, 1.807) is 30.3 Å². The second-order valence-electron chi connectivity index (χ2n) is 4.67. The van der Waals surface area contributed by atoms with Gasteiger partial charge in [-0.25, -0.2) is 0 Å². The van der Waals surface area contributed by atoms with Crippen LogP contribution in [0.15, 0.2) is 30.3 Å². The van der Waals surface area contributed by atoms with Crippen molar-refractivity contribution in [2.24, 2.45) is 11.0 Å².